The minimum absolute atomic E-state index is 0.577. The highest BCUT2D eigenvalue weighted by Gasteiger charge is 2.29. The number of hydrogen-bond acceptors (Lipinski definition) is 9. The van der Waals surface area contributed by atoms with Gasteiger partial charge in [0.2, 0.25) is 5.13 Å². The Morgan fingerprint density at radius 3 is 2.48 bits per heavy atom. The van der Waals surface area contributed by atoms with Crippen LogP contribution in [0.2, 0.25) is 0 Å². The molecule has 0 fully saturated rings. The first-order valence-electron chi connectivity index (χ1n) is 7.56. The number of aromatic nitrogens is 1. The van der Waals surface area contributed by atoms with E-state index in [1.165, 1.54) is 16.3 Å². The van der Waals surface area contributed by atoms with Crippen LogP contribution in [-0.2, 0) is 0 Å². The zero-order chi connectivity index (χ0) is 18.4. The van der Waals surface area contributed by atoms with Crippen molar-refractivity contribution < 1.29 is 25.5 Å². The van der Waals surface area contributed by atoms with Crippen molar-refractivity contribution >= 4 is 22.7 Å². The molecule has 136 valence electrons. The van der Waals surface area contributed by atoms with Gasteiger partial charge in [-0.25, -0.2) is 9.99 Å². The first-order valence-corrected chi connectivity index (χ1v) is 8.44. The summed E-state index contributed by atoms with van der Waals surface area (Å²) in [6, 6.07) is 9.63. The normalized spacial score (nSPS) is 16.6. The molecule has 2 aromatic rings. The van der Waals surface area contributed by atoms with Gasteiger partial charge in [0.25, 0.3) is 0 Å². The third-order valence-electron chi connectivity index (χ3n) is 3.51. The van der Waals surface area contributed by atoms with E-state index in [-0.39, 0.29) is 0 Å². The van der Waals surface area contributed by atoms with E-state index in [4.69, 9.17) is 5.11 Å². The minimum Gasteiger partial charge on any atom is -0.394 e. The molecule has 5 N–H and O–H groups in total. The van der Waals surface area contributed by atoms with Gasteiger partial charge in [-0.15, -0.1) is 11.3 Å². The van der Waals surface area contributed by atoms with Crippen molar-refractivity contribution in [2.75, 3.05) is 18.7 Å². The maximum absolute atomic E-state index is 9.82. The summed E-state index contributed by atoms with van der Waals surface area (Å²) in [5, 5.41) is 55.0. The molecule has 0 saturated carbocycles. The van der Waals surface area contributed by atoms with Crippen LogP contribution < -0.4 is 5.01 Å². The van der Waals surface area contributed by atoms with E-state index >= 15 is 0 Å². The van der Waals surface area contributed by atoms with E-state index < -0.39 is 31.0 Å². The molecular formula is C16H21N3O5S. The van der Waals surface area contributed by atoms with Gasteiger partial charge < -0.3 is 25.5 Å². The molecule has 1 aromatic heterocycles. The van der Waals surface area contributed by atoms with Gasteiger partial charge in [0.05, 0.1) is 18.5 Å². The fourth-order valence-corrected chi connectivity index (χ4v) is 2.75. The largest absolute Gasteiger partial charge is 0.394 e. The fraction of sp³-hybridized carbons (Fsp3) is 0.375. The number of thiazole rings is 1. The molecule has 0 unspecified atom stereocenters. The van der Waals surface area contributed by atoms with Crippen LogP contribution in [0.1, 0.15) is 0 Å². The van der Waals surface area contributed by atoms with Gasteiger partial charge >= 0.3 is 0 Å². The van der Waals surface area contributed by atoms with E-state index in [1.54, 1.807) is 7.05 Å². The smallest absolute Gasteiger partial charge is 0.206 e. The number of hydrazone groups is 1. The zero-order valence-corrected chi connectivity index (χ0v) is 14.4. The molecule has 2 rings (SSSR count). The fourth-order valence-electron chi connectivity index (χ4n) is 2.00. The van der Waals surface area contributed by atoms with Gasteiger partial charge in [-0.1, -0.05) is 30.3 Å². The Kier molecular flexibility index (Phi) is 7.00. The second-order valence-electron chi connectivity index (χ2n) is 5.39. The van der Waals surface area contributed by atoms with Crippen molar-refractivity contribution in [1.29, 1.82) is 0 Å². The predicted octanol–water partition coefficient (Wildman–Crippen LogP) is -0.332. The number of rotatable bonds is 8. The van der Waals surface area contributed by atoms with Crippen molar-refractivity contribution in [1.82, 2.24) is 4.98 Å². The van der Waals surface area contributed by atoms with Crippen LogP contribution in [-0.4, -0.2) is 74.8 Å². The summed E-state index contributed by atoms with van der Waals surface area (Å²) in [6.45, 7) is -0.733. The Bertz CT molecular complexity index is 681. The van der Waals surface area contributed by atoms with E-state index in [2.05, 4.69) is 10.1 Å². The summed E-state index contributed by atoms with van der Waals surface area (Å²) >= 11 is 1.36. The van der Waals surface area contributed by atoms with Gasteiger partial charge in [0.1, 0.15) is 24.4 Å². The number of nitrogens with zero attached hydrogens (tertiary/aromatic N) is 3. The molecular weight excluding hydrogens is 346 g/mol. The molecule has 0 saturated heterocycles. The quantitative estimate of drug-likeness (QED) is 0.319. The van der Waals surface area contributed by atoms with Crippen LogP contribution in [0, 0.1) is 0 Å². The summed E-state index contributed by atoms with van der Waals surface area (Å²) < 4.78 is 0. The van der Waals surface area contributed by atoms with E-state index in [0.717, 1.165) is 17.5 Å². The molecule has 25 heavy (non-hydrogen) atoms. The highest BCUT2D eigenvalue weighted by Crippen LogP contribution is 2.26. The maximum atomic E-state index is 9.82. The lowest BCUT2D eigenvalue weighted by Crippen LogP contribution is -2.46. The van der Waals surface area contributed by atoms with Crippen molar-refractivity contribution in [2.24, 2.45) is 5.10 Å². The number of hydrogen-bond donors (Lipinski definition) is 5. The van der Waals surface area contributed by atoms with Crippen molar-refractivity contribution in [2.45, 2.75) is 24.4 Å². The second kappa shape index (κ2) is 8.99. The zero-order valence-electron chi connectivity index (χ0n) is 13.5. The van der Waals surface area contributed by atoms with Crippen LogP contribution in [0.15, 0.2) is 40.8 Å². The summed E-state index contributed by atoms with van der Waals surface area (Å²) in [6.07, 6.45) is -5.42. The van der Waals surface area contributed by atoms with E-state index in [0.29, 0.717) is 5.13 Å². The summed E-state index contributed by atoms with van der Waals surface area (Å²) in [5.41, 5.74) is 1.77. The number of benzene rings is 1. The lowest BCUT2D eigenvalue weighted by atomic mass is 10.0. The van der Waals surface area contributed by atoms with Crippen LogP contribution in [0.5, 0.6) is 0 Å². The first-order chi connectivity index (χ1) is 11.9. The Labute approximate surface area is 148 Å². The molecule has 4 atom stereocenters. The highest BCUT2D eigenvalue weighted by atomic mass is 32.1. The molecule has 9 heteroatoms. The Morgan fingerprint density at radius 1 is 1.16 bits per heavy atom. The average molecular weight is 367 g/mol. The molecule has 0 aliphatic carbocycles. The monoisotopic (exact) mass is 367 g/mol. The molecule has 0 spiro atoms. The lowest BCUT2D eigenvalue weighted by molar-refractivity contribution is -0.0999. The average Bonchev–Trinajstić information content (AvgIpc) is 3.14. The van der Waals surface area contributed by atoms with E-state index in [1.807, 2.05) is 35.7 Å². The van der Waals surface area contributed by atoms with Crippen molar-refractivity contribution in [3.63, 3.8) is 0 Å². The lowest BCUT2D eigenvalue weighted by Gasteiger charge is -2.23. The van der Waals surface area contributed by atoms with Gasteiger partial charge in [0.15, 0.2) is 0 Å². The Balaban J connectivity index is 2.00. The van der Waals surface area contributed by atoms with Crippen LogP contribution in [0.25, 0.3) is 11.3 Å². The third kappa shape index (κ3) is 5.05. The SMILES string of the molecule is CN(/N=C\[C@H](O)[C@@H](O)[C@@H](O)[C@H](O)CO)c1nc(-c2ccccc2)cs1. The topological polar surface area (TPSA) is 130 Å². The molecule has 0 aliphatic heterocycles. The predicted molar refractivity (Wildman–Crippen MR) is 95.6 cm³/mol. The Morgan fingerprint density at radius 2 is 1.84 bits per heavy atom. The summed E-state index contributed by atoms with van der Waals surface area (Å²) in [5.74, 6) is 0. The number of aliphatic hydroxyl groups is 5. The number of anilines is 1. The van der Waals surface area contributed by atoms with Crippen LogP contribution in [0.4, 0.5) is 5.13 Å². The third-order valence-corrected chi connectivity index (χ3v) is 4.42. The maximum Gasteiger partial charge on any atom is 0.206 e. The van der Waals surface area contributed by atoms with Gasteiger partial charge in [-0.2, -0.15) is 5.10 Å². The standard InChI is InChI=1S/C16H21N3O5S/c1-19(17-7-12(21)14(23)15(24)13(22)8-20)16-18-11(9-25-16)10-5-3-2-4-6-10/h2-7,9,12-15,20-24H,8H2,1H3/b17-7-/t12-,13+,14+,15-/m0/s1. The molecule has 0 bridgehead atoms. The molecule has 0 radical (unpaired) electrons. The van der Waals surface area contributed by atoms with Crippen molar-refractivity contribution in [3.8, 4) is 11.3 Å². The molecule has 8 nitrogen and oxygen atoms in total. The highest BCUT2D eigenvalue weighted by molar-refractivity contribution is 7.14. The molecule has 1 heterocycles. The first kappa shape index (κ1) is 19.4. The van der Waals surface area contributed by atoms with Crippen LogP contribution in [0.3, 0.4) is 0 Å². The van der Waals surface area contributed by atoms with Gasteiger partial charge in [-0.05, 0) is 0 Å². The van der Waals surface area contributed by atoms with Gasteiger partial charge in [0, 0.05) is 18.0 Å². The molecule has 0 aliphatic rings. The summed E-state index contributed by atoms with van der Waals surface area (Å²) in [4.78, 5) is 4.44. The molecule has 1 aromatic carbocycles. The van der Waals surface area contributed by atoms with Crippen LogP contribution >= 0.6 is 11.3 Å². The minimum atomic E-state index is -1.69. The van der Waals surface area contributed by atoms with E-state index in [9.17, 15) is 20.4 Å². The second-order valence-corrected chi connectivity index (χ2v) is 6.23. The van der Waals surface area contributed by atoms with Crippen molar-refractivity contribution in [3.05, 3.63) is 35.7 Å². The number of aliphatic hydroxyl groups excluding tert-OH is 5. The molecule has 0 amide bonds. The van der Waals surface area contributed by atoms with Gasteiger partial charge in [-0.3, -0.25) is 0 Å². The summed E-state index contributed by atoms with van der Waals surface area (Å²) in [7, 11) is 1.63. The Hall–Kier alpha value is -1.88.